The predicted octanol–water partition coefficient (Wildman–Crippen LogP) is -0.223. The van der Waals surface area contributed by atoms with Crippen LogP contribution >= 0.6 is 0 Å². The summed E-state index contributed by atoms with van der Waals surface area (Å²) < 4.78 is 9.92. The maximum absolute atomic E-state index is 11.6. The lowest BCUT2D eigenvalue weighted by Gasteiger charge is -2.30. The first-order valence-electron chi connectivity index (χ1n) is 6.35. The van der Waals surface area contributed by atoms with Crippen LogP contribution in [0.5, 0.6) is 0 Å². The summed E-state index contributed by atoms with van der Waals surface area (Å²) in [4.78, 5) is 24.9. The summed E-state index contributed by atoms with van der Waals surface area (Å²) in [5.74, 6) is -0.389. The van der Waals surface area contributed by atoms with Crippen molar-refractivity contribution in [2.45, 2.75) is 25.9 Å². The minimum atomic E-state index is -0.577. The molecule has 6 nitrogen and oxygen atoms in total. The van der Waals surface area contributed by atoms with E-state index < -0.39 is 6.10 Å². The largest absolute Gasteiger partial charge is 0.467 e. The summed E-state index contributed by atoms with van der Waals surface area (Å²) in [6.07, 6.45) is 1.47. The first-order chi connectivity index (χ1) is 8.67. The number of carbonyl (C=O) groups is 2. The number of unbranched alkanes of at least 4 members (excludes halogenated alkanes) is 1. The van der Waals surface area contributed by atoms with E-state index in [9.17, 15) is 9.59 Å². The highest BCUT2D eigenvalue weighted by atomic mass is 16.6. The molecule has 1 fully saturated rings. The molecule has 0 aromatic carbocycles. The molecule has 1 aliphatic rings. The van der Waals surface area contributed by atoms with Crippen molar-refractivity contribution >= 4 is 11.9 Å². The summed E-state index contributed by atoms with van der Waals surface area (Å²) in [6.45, 7) is 4.61. The number of amides is 1. The van der Waals surface area contributed by atoms with Crippen LogP contribution in [0.25, 0.3) is 0 Å². The highest BCUT2D eigenvalue weighted by Crippen LogP contribution is 2.06. The molecule has 1 amide bonds. The zero-order valence-electron chi connectivity index (χ0n) is 11.1. The summed E-state index contributed by atoms with van der Waals surface area (Å²) in [5.41, 5.74) is 0. The number of hydrogen-bond acceptors (Lipinski definition) is 5. The Morgan fingerprint density at radius 3 is 2.94 bits per heavy atom. The van der Waals surface area contributed by atoms with Gasteiger partial charge < -0.3 is 14.8 Å². The van der Waals surface area contributed by atoms with Crippen molar-refractivity contribution in [3.05, 3.63) is 0 Å². The molecule has 1 rings (SSSR count). The Labute approximate surface area is 108 Å². The molecule has 1 aliphatic heterocycles. The van der Waals surface area contributed by atoms with Crippen LogP contribution in [0.4, 0.5) is 0 Å². The topological polar surface area (TPSA) is 67.9 Å². The lowest BCUT2D eigenvalue weighted by molar-refractivity contribution is -0.160. The Morgan fingerprint density at radius 1 is 1.50 bits per heavy atom. The van der Waals surface area contributed by atoms with Gasteiger partial charge >= 0.3 is 5.97 Å². The van der Waals surface area contributed by atoms with Crippen molar-refractivity contribution in [2.75, 3.05) is 39.9 Å². The summed E-state index contributed by atoms with van der Waals surface area (Å²) in [6, 6.07) is 0. The summed E-state index contributed by atoms with van der Waals surface area (Å²) in [5, 5.41) is 2.85. The van der Waals surface area contributed by atoms with E-state index in [4.69, 9.17) is 4.74 Å². The van der Waals surface area contributed by atoms with E-state index >= 15 is 0 Å². The molecule has 0 aliphatic carbocycles. The Balaban J connectivity index is 2.29. The number of carbonyl (C=O) groups excluding carboxylic acids is 2. The van der Waals surface area contributed by atoms with E-state index in [0.717, 1.165) is 12.8 Å². The molecule has 1 heterocycles. The van der Waals surface area contributed by atoms with Gasteiger partial charge in [0.2, 0.25) is 5.91 Å². The predicted molar refractivity (Wildman–Crippen MR) is 66.1 cm³/mol. The fraction of sp³-hybridized carbons (Fsp3) is 0.833. The van der Waals surface area contributed by atoms with Crippen LogP contribution < -0.4 is 5.32 Å². The Hall–Kier alpha value is -1.14. The highest BCUT2D eigenvalue weighted by molar-refractivity contribution is 5.78. The van der Waals surface area contributed by atoms with Gasteiger partial charge in [0.25, 0.3) is 0 Å². The highest BCUT2D eigenvalue weighted by Gasteiger charge is 2.28. The van der Waals surface area contributed by atoms with Crippen molar-refractivity contribution in [1.29, 1.82) is 0 Å². The molecule has 1 N–H and O–H groups in total. The van der Waals surface area contributed by atoms with Gasteiger partial charge in [-0.05, 0) is 6.42 Å². The number of nitrogens with zero attached hydrogens (tertiary/aromatic N) is 1. The summed E-state index contributed by atoms with van der Waals surface area (Å²) >= 11 is 0. The van der Waals surface area contributed by atoms with E-state index in [-0.39, 0.29) is 11.9 Å². The Bertz CT molecular complexity index is 283. The van der Waals surface area contributed by atoms with Crippen LogP contribution in [0.15, 0.2) is 0 Å². The van der Waals surface area contributed by atoms with Gasteiger partial charge in [-0.1, -0.05) is 13.3 Å². The van der Waals surface area contributed by atoms with Crippen LogP contribution in [0.3, 0.4) is 0 Å². The van der Waals surface area contributed by atoms with Gasteiger partial charge in [0.05, 0.1) is 20.3 Å². The van der Waals surface area contributed by atoms with Gasteiger partial charge in [0.15, 0.2) is 6.10 Å². The first kappa shape index (κ1) is 14.9. The quantitative estimate of drug-likeness (QED) is 0.527. The van der Waals surface area contributed by atoms with Crippen LogP contribution in [0.2, 0.25) is 0 Å². The van der Waals surface area contributed by atoms with Crippen LogP contribution in [-0.2, 0) is 19.1 Å². The lowest BCUT2D eigenvalue weighted by Crippen LogP contribution is -2.49. The lowest BCUT2D eigenvalue weighted by atomic mass is 10.2. The van der Waals surface area contributed by atoms with Crippen LogP contribution in [-0.4, -0.2) is 62.8 Å². The number of nitrogens with one attached hydrogen (secondary N) is 1. The second-order valence-corrected chi connectivity index (χ2v) is 4.32. The molecular formula is C12H22N2O4. The molecule has 0 saturated carbocycles. The zero-order valence-corrected chi connectivity index (χ0v) is 11.1. The normalized spacial score (nSPS) is 20.4. The number of ether oxygens (including phenoxy) is 2. The van der Waals surface area contributed by atoms with Gasteiger partial charge in [-0.2, -0.15) is 0 Å². The van der Waals surface area contributed by atoms with Gasteiger partial charge in [-0.25, -0.2) is 4.79 Å². The van der Waals surface area contributed by atoms with E-state index in [1.165, 1.54) is 7.11 Å². The van der Waals surface area contributed by atoms with Crippen LogP contribution in [0, 0.1) is 0 Å². The molecule has 18 heavy (non-hydrogen) atoms. The number of hydrogen-bond donors (Lipinski definition) is 1. The molecule has 0 bridgehead atoms. The minimum Gasteiger partial charge on any atom is -0.467 e. The number of methoxy groups -OCH3 is 1. The number of esters is 1. The molecule has 104 valence electrons. The van der Waals surface area contributed by atoms with Crippen molar-refractivity contribution in [3.8, 4) is 0 Å². The van der Waals surface area contributed by atoms with Gasteiger partial charge in [-0.3, -0.25) is 9.69 Å². The summed E-state index contributed by atoms with van der Waals surface area (Å²) in [7, 11) is 1.34. The molecule has 0 aromatic rings. The number of rotatable bonds is 6. The Morgan fingerprint density at radius 2 is 2.28 bits per heavy atom. The minimum absolute atomic E-state index is 0.00559. The third-order valence-corrected chi connectivity index (χ3v) is 2.83. The second-order valence-electron chi connectivity index (χ2n) is 4.32. The molecule has 0 radical (unpaired) electrons. The average molecular weight is 258 g/mol. The molecule has 0 aromatic heterocycles. The number of morpholine rings is 1. The van der Waals surface area contributed by atoms with E-state index in [1.807, 2.05) is 4.90 Å². The first-order valence-corrected chi connectivity index (χ1v) is 6.35. The van der Waals surface area contributed by atoms with Gasteiger partial charge in [0.1, 0.15) is 0 Å². The van der Waals surface area contributed by atoms with E-state index in [0.29, 0.717) is 32.8 Å². The average Bonchev–Trinajstić information content (AvgIpc) is 2.38. The second kappa shape index (κ2) is 8.05. The molecule has 6 heteroatoms. The fourth-order valence-electron chi connectivity index (χ4n) is 1.78. The molecular weight excluding hydrogens is 236 g/mol. The monoisotopic (exact) mass is 258 g/mol. The van der Waals surface area contributed by atoms with Gasteiger partial charge in [-0.15, -0.1) is 0 Å². The Kier molecular flexibility index (Phi) is 6.67. The SMILES string of the molecule is CCCCNC(=O)CN1CCOC(C(=O)OC)C1. The molecule has 1 unspecified atom stereocenters. The molecule has 0 spiro atoms. The van der Waals surface area contributed by atoms with E-state index in [1.54, 1.807) is 0 Å². The van der Waals surface area contributed by atoms with Gasteiger partial charge in [0, 0.05) is 19.6 Å². The smallest absolute Gasteiger partial charge is 0.336 e. The van der Waals surface area contributed by atoms with Crippen LogP contribution in [0.1, 0.15) is 19.8 Å². The zero-order chi connectivity index (χ0) is 13.4. The van der Waals surface area contributed by atoms with Crippen molar-refractivity contribution in [3.63, 3.8) is 0 Å². The third-order valence-electron chi connectivity index (χ3n) is 2.83. The fourth-order valence-corrected chi connectivity index (χ4v) is 1.78. The maximum Gasteiger partial charge on any atom is 0.336 e. The molecule has 1 atom stereocenters. The van der Waals surface area contributed by atoms with E-state index in [2.05, 4.69) is 17.0 Å². The standard InChI is InChI=1S/C12H22N2O4/c1-3-4-5-13-11(15)9-14-6-7-18-10(8-14)12(16)17-2/h10H,3-9H2,1-2H3,(H,13,15). The van der Waals surface area contributed by atoms with Crippen molar-refractivity contribution in [2.24, 2.45) is 0 Å². The third kappa shape index (κ3) is 5.01. The van der Waals surface area contributed by atoms with Crippen molar-refractivity contribution < 1.29 is 19.1 Å². The maximum atomic E-state index is 11.6. The van der Waals surface area contributed by atoms with Crippen molar-refractivity contribution in [1.82, 2.24) is 10.2 Å². The molecule has 1 saturated heterocycles.